The molecule has 1 atom stereocenters. The smallest absolute Gasteiger partial charge is 0.308 e. The van der Waals surface area contributed by atoms with Crippen LogP contribution in [0.15, 0.2) is 24.3 Å². The number of likely N-dealkylation sites (tertiary alicyclic amines) is 1. The summed E-state index contributed by atoms with van der Waals surface area (Å²) in [7, 11) is -3.10. The maximum Gasteiger partial charge on any atom is 0.308 e. The molecular weight excluding hydrogens is 294 g/mol. The summed E-state index contributed by atoms with van der Waals surface area (Å²) < 4.78 is 22.4. The first-order valence-corrected chi connectivity index (χ1v) is 8.61. The number of carbonyl (C=O) groups is 2. The molecule has 1 unspecified atom stereocenters. The second-order valence-corrected chi connectivity index (χ2v) is 7.48. The first-order valence-electron chi connectivity index (χ1n) is 6.55. The monoisotopic (exact) mass is 311 g/mol. The molecule has 1 saturated heterocycles. The highest BCUT2D eigenvalue weighted by molar-refractivity contribution is 7.89. The molecule has 6 nitrogen and oxygen atoms in total. The lowest BCUT2D eigenvalue weighted by Crippen LogP contribution is -2.29. The fourth-order valence-electron chi connectivity index (χ4n) is 2.38. The summed E-state index contributed by atoms with van der Waals surface area (Å²) in [5.74, 6) is -1.66. The Bertz CT molecular complexity index is 650. The van der Waals surface area contributed by atoms with Gasteiger partial charge in [0, 0.05) is 24.9 Å². The van der Waals surface area contributed by atoms with Crippen LogP contribution in [-0.4, -0.2) is 49.6 Å². The number of carboxylic acid groups (broad SMARTS) is 1. The molecule has 1 aliphatic rings. The summed E-state index contributed by atoms with van der Waals surface area (Å²) in [6.07, 6.45) is 1.62. The topological polar surface area (TPSA) is 91.8 Å². The molecule has 1 heterocycles. The molecule has 1 aliphatic heterocycles. The number of sulfone groups is 1. The minimum atomic E-state index is -3.10. The third-order valence-electron chi connectivity index (χ3n) is 3.45. The molecule has 0 aliphatic carbocycles. The molecule has 0 spiro atoms. The van der Waals surface area contributed by atoms with Gasteiger partial charge in [-0.3, -0.25) is 9.59 Å². The van der Waals surface area contributed by atoms with E-state index in [0.717, 1.165) is 6.26 Å². The molecule has 1 N–H and O–H groups in total. The predicted molar refractivity (Wildman–Crippen MR) is 76.6 cm³/mol. The van der Waals surface area contributed by atoms with Crippen LogP contribution in [0.3, 0.4) is 0 Å². The fraction of sp³-hybridized carbons (Fsp3) is 0.429. The Balaban J connectivity index is 2.05. The summed E-state index contributed by atoms with van der Waals surface area (Å²) in [5.41, 5.74) is 1.07. The molecule has 114 valence electrons. The number of hydrogen-bond donors (Lipinski definition) is 1. The Morgan fingerprint density at radius 3 is 2.38 bits per heavy atom. The van der Waals surface area contributed by atoms with Crippen LogP contribution in [0, 0.1) is 5.92 Å². The third kappa shape index (κ3) is 4.04. The van der Waals surface area contributed by atoms with Crippen LogP contribution in [0.1, 0.15) is 22.3 Å². The van der Waals surface area contributed by atoms with E-state index in [1.807, 2.05) is 0 Å². The van der Waals surface area contributed by atoms with Crippen LogP contribution < -0.4 is 0 Å². The molecule has 21 heavy (non-hydrogen) atoms. The van der Waals surface area contributed by atoms with E-state index < -0.39 is 21.7 Å². The standard InChI is InChI=1S/C14H17NO5S/c1-21(19,20)9-10-2-4-11(5-3-10)13(16)15-7-6-12(8-15)14(17)18/h2-5,12H,6-9H2,1H3,(H,17,18). The van der Waals surface area contributed by atoms with Gasteiger partial charge in [-0.2, -0.15) is 0 Å². The van der Waals surface area contributed by atoms with E-state index in [1.165, 1.54) is 4.90 Å². The minimum Gasteiger partial charge on any atom is -0.481 e. The van der Waals surface area contributed by atoms with E-state index in [9.17, 15) is 18.0 Å². The first kappa shape index (κ1) is 15.5. The Morgan fingerprint density at radius 1 is 1.29 bits per heavy atom. The summed E-state index contributed by atoms with van der Waals surface area (Å²) in [6, 6.07) is 6.38. The largest absolute Gasteiger partial charge is 0.481 e. The number of amides is 1. The quantitative estimate of drug-likeness (QED) is 0.887. The zero-order valence-electron chi connectivity index (χ0n) is 11.7. The highest BCUT2D eigenvalue weighted by atomic mass is 32.2. The summed E-state index contributed by atoms with van der Waals surface area (Å²) in [5, 5.41) is 8.93. The minimum absolute atomic E-state index is 0.0632. The zero-order valence-corrected chi connectivity index (χ0v) is 12.5. The number of nitrogens with zero attached hydrogens (tertiary/aromatic N) is 1. The molecule has 0 aromatic heterocycles. The molecule has 1 aromatic carbocycles. The highest BCUT2D eigenvalue weighted by Gasteiger charge is 2.31. The van der Waals surface area contributed by atoms with E-state index in [1.54, 1.807) is 24.3 Å². The van der Waals surface area contributed by atoms with Gasteiger partial charge >= 0.3 is 5.97 Å². The van der Waals surface area contributed by atoms with Gasteiger partial charge in [0.2, 0.25) is 0 Å². The van der Waals surface area contributed by atoms with Crippen LogP contribution in [0.2, 0.25) is 0 Å². The maximum atomic E-state index is 12.2. The average Bonchev–Trinajstić information content (AvgIpc) is 2.86. The lowest BCUT2D eigenvalue weighted by Gasteiger charge is -2.16. The van der Waals surface area contributed by atoms with E-state index in [0.29, 0.717) is 24.1 Å². The number of aliphatic carboxylic acids is 1. The Morgan fingerprint density at radius 2 is 1.90 bits per heavy atom. The number of hydrogen-bond acceptors (Lipinski definition) is 4. The van der Waals surface area contributed by atoms with Crippen molar-refractivity contribution in [1.82, 2.24) is 4.90 Å². The van der Waals surface area contributed by atoms with E-state index in [4.69, 9.17) is 5.11 Å². The van der Waals surface area contributed by atoms with Gasteiger partial charge in [0.1, 0.15) is 0 Å². The molecule has 1 amide bonds. The predicted octanol–water partition coefficient (Wildman–Crippen LogP) is 0.778. The van der Waals surface area contributed by atoms with Gasteiger partial charge in [0.25, 0.3) is 5.91 Å². The van der Waals surface area contributed by atoms with Gasteiger partial charge in [0.15, 0.2) is 9.84 Å². The number of benzene rings is 1. The second kappa shape index (κ2) is 5.85. The summed E-state index contributed by atoms with van der Waals surface area (Å²) >= 11 is 0. The van der Waals surface area contributed by atoms with Crippen LogP contribution in [0.4, 0.5) is 0 Å². The molecular formula is C14H17NO5S. The molecule has 1 fully saturated rings. The fourth-order valence-corrected chi connectivity index (χ4v) is 3.17. The van der Waals surface area contributed by atoms with Crippen molar-refractivity contribution in [2.45, 2.75) is 12.2 Å². The van der Waals surface area contributed by atoms with Gasteiger partial charge < -0.3 is 10.0 Å². The Labute approximate surface area is 123 Å². The Kier molecular flexibility index (Phi) is 4.32. The first-order chi connectivity index (χ1) is 9.76. The van der Waals surface area contributed by atoms with Gasteiger partial charge in [0.05, 0.1) is 11.7 Å². The molecule has 7 heteroatoms. The SMILES string of the molecule is CS(=O)(=O)Cc1ccc(C(=O)N2CCC(C(=O)O)C2)cc1. The van der Waals surface area contributed by atoms with Crippen LogP contribution in [-0.2, 0) is 20.4 Å². The van der Waals surface area contributed by atoms with Gasteiger partial charge in [-0.15, -0.1) is 0 Å². The van der Waals surface area contributed by atoms with Crippen molar-refractivity contribution in [1.29, 1.82) is 0 Å². The molecule has 0 saturated carbocycles. The third-order valence-corrected chi connectivity index (χ3v) is 4.31. The maximum absolute atomic E-state index is 12.2. The van der Waals surface area contributed by atoms with E-state index in [-0.39, 0.29) is 18.2 Å². The van der Waals surface area contributed by atoms with Crippen molar-refractivity contribution in [2.24, 2.45) is 5.92 Å². The van der Waals surface area contributed by atoms with E-state index in [2.05, 4.69) is 0 Å². The van der Waals surface area contributed by atoms with Crippen molar-refractivity contribution < 1.29 is 23.1 Å². The van der Waals surface area contributed by atoms with Gasteiger partial charge in [-0.05, 0) is 24.1 Å². The lowest BCUT2D eigenvalue weighted by molar-refractivity contribution is -0.141. The summed E-state index contributed by atoms with van der Waals surface area (Å²) in [6.45, 7) is 0.653. The van der Waals surface area contributed by atoms with Crippen LogP contribution in [0.25, 0.3) is 0 Å². The number of carboxylic acids is 1. The summed E-state index contributed by atoms with van der Waals surface area (Å²) in [4.78, 5) is 24.6. The van der Waals surface area contributed by atoms with E-state index >= 15 is 0 Å². The molecule has 0 radical (unpaired) electrons. The highest BCUT2D eigenvalue weighted by Crippen LogP contribution is 2.19. The lowest BCUT2D eigenvalue weighted by atomic mass is 10.1. The Hall–Kier alpha value is -1.89. The second-order valence-electron chi connectivity index (χ2n) is 5.34. The van der Waals surface area contributed by atoms with Crippen LogP contribution >= 0.6 is 0 Å². The van der Waals surface area contributed by atoms with Gasteiger partial charge in [-0.25, -0.2) is 8.42 Å². The average molecular weight is 311 g/mol. The molecule has 1 aromatic rings. The van der Waals surface area contributed by atoms with Crippen molar-refractivity contribution in [2.75, 3.05) is 19.3 Å². The van der Waals surface area contributed by atoms with Crippen molar-refractivity contribution >= 4 is 21.7 Å². The number of rotatable bonds is 4. The van der Waals surface area contributed by atoms with Crippen molar-refractivity contribution in [3.8, 4) is 0 Å². The van der Waals surface area contributed by atoms with Crippen LogP contribution in [0.5, 0.6) is 0 Å². The number of carbonyl (C=O) groups excluding carboxylic acids is 1. The molecule has 2 rings (SSSR count). The van der Waals surface area contributed by atoms with Crippen molar-refractivity contribution in [3.63, 3.8) is 0 Å². The molecule has 0 bridgehead atoms. The van der Waals surface area contributed by atoms with Gasteiger partial charge in [-0.1, -0.05) is 12.1 Å². The normalized spacial score (nSPS) is 18.7. The van der Waals surface area contributed by atoms with Crippen molar-refractivity contribution in [3.05, 3.63) is 35.4 Å². The zero-order chi connectivity index (χ0) is 15.6.